The minimum atomic E-state index is 0.165. The van der Waals surface area contributed by atoms with Gasteiger partial charge >= 0.3 is 0 Å². The second-order valence-electron chi connectivity index (χ2n) is 6.06. The van der Waals surface area contributed by atoms with Crippen molar-refractivity contribution in [1.29, 1.82) is 5.26 Å². The summed E-state index contributed by atoms with van der Waals surface area (Å²) >= 11 is 0. The number of ether oxygens (including phenoxy) is 3. The molecule has 28 heavy (non-hydrogen) atoms. The van der Waals surface area contributed by atoms with Crippen molar-refractivity contribution >= 4 is 5.82 Å². The Bertz CT molecular complexity index is 1070. The third-order valence-electron chi connectivity index (χ3n) is 4.57. The molecule has 0 fully saturated rings. The van der Waals surface area contributed by atoms with E-state index < -0.39 is 0 Å². The Morgan fingerprint density at radius 3 is 2.14 bits per heavy atom. The van der Waals surface area contributed by atoms with E-state index >= 15 is 0 Å². The molecular formula is C22H21N3O3. The van der Waals surface area contributed by atoms with Crippen molar-refractivity contribution in [2.24, 2.45) is 0 Å². The van der Waals surface area contributed by atoms with Crippen molar-refractivity contribution in [3.05, 3.63) is 53.7 Å². The summed E-state index contributed by atoms with van der Waals surface area (Å²) in [7, 11) is 4.74. The second-order valence-corrected chi connectivity index (χ2v) is 6.06. The van der Waals surface area contributed by atoms with Gasteiger partial charge < -0.3 is 19.9 Å². The molecular weight excluding hydrogens is 354 g/mol. The number of nitrogens with zero attached hydrogens (tertiary/aromatic N) is 2. The van der Waals surface area contributed by atoms with Crippen LogP contribution in [0.2, 0.25) is 0 Å². The van der Waals surface area contributed by atoms with Gasteiger partial charge in [-0.15, -0.1) is 0 Å². The highest BCUT2D eigenvalue weighted by molar-refractivity contribution is 5.95. The van der Waals surface area contributed by atoms with Gasteiger partial charge in [-0.2, -0.15) is 5.26 Å². The summed E-state index contributed by atoms with van der Waals surface area (Å²) < 4.78 is 16.6. The van der Waals surface area contributed by atoms with E-state index in [4.69, 9.17) is 19.9 Å². The molecule has 0 aliphatic heterocycles. The predicted molar refractivity (Wildman–Crippen MR) is 109 cm³/mol. The molecule has 1 aromatic heterocycles. The fraction of sp³-hybridized carbons (Fsp3) is 0.182. The highest BCUT2D eigenvalue weighted by atomic mass is 16.5. The Labute approximate surface area is 164 Å². The number of nitriles is 1. The molecule has 2 N–H and O–H groups in total. The Morgan fingerprint density at radius 1 is 0.857 bits per heavy atom. The molecule has 0 saturated carbocycles. The number of hydrogen-bond acceptors (Lipinski definition) is 6. The number of benzene rings is 2. The highest BCUT2D eigenvalue weighted by Crippen LogP contribution is 2.47. The maximum absolute atomic E-state index is 9.87. The lowest BCUT2D eigenvalue weighted by Crippen LogP contribution is -2.05. The third-order valence-corrected chi connectivity index (χ3v) is 4.57. The van der Waals surface area contributed by atoms with Crippen LogP contribution in [0.1, 0.15) is 11.3 Å². The molecule has 0 atom stereocenters. The first-order chi connectivity index (χ1) is 13.6. The number of methoxy groups -OCH3 is 3. The number of aromatic nitrogens is 1. The first kappa shape index (κ1) is 19.1. The van der Waals surface area contributed by atoms with E-state index in [2.05, 4.69) is 11.1 Å². The number of nitrogens with two attached hydrogens (primary N) is 1. The lowest BCUT2D eigenvalue weighted by Gasteiger charge is -2.20. The maximum atomic E-state index is 9.87. The molecule has 0 saturated heterocycles. The molecule has 1 heterocycles. The van der Waals surface area contributed by atoms with Crippen molar-refractivity contribution < 1.29 is 14.2 Å². The number of anilines is 1. The molecule has 6 nitrogen and oxygen atoms in total. The van der Waals surface area contributed by atoms with Crippen molar-refractivity contribution in [2.75, 3.05) is 27.1 Å². The molecule has 0 bridgehead atoms. The first-order valence-electron chi connectivity index (χ1n) is 8.62. The van der Waals surface area contributed by atoms with Crippen LogP contribution >= 0.6 is 0 Å². The fourth-order valence-corrected chi connectivity index (χ4v) is 3.37. The summed E-state index contributed by atoms with van der Waals surface area (Å²) in [6.07, 6.45) is 0. The maximum Gasteiger partial charge on any atom is 0.168 e. The zero-order chi connectivity index (χ0) is 20.3. The molecule has 0 radical (unpaired) electrons. The van der Waals surface area contributed by atoms with Crippen LogP contribution in [0.3, 0.4) is 0 Å². The normalized spacial score (nSPS) is 10.2. The number of aryl methyl sites for hydroxylation is 1. The van der Waals surface area contributed by atoms with Crippen molar-refractivity contribution in [1.82, 2.24) is 4.98 Å². The fourth-order valence-electron chi connectivity index (χ4n) is 3.37. The average Bonchev–Trinajstić information content (AvgIpc) is 2.72. The Hall–Kier alpha value is -3.72. The second kappa shape index (κ2) is 7.89. The van der Waals surface area contributed by atoms with Gasteiger partial charge in [0.15, 0.2) is 11.5 Å². The summed E-state index contributed by atoms with van der Waals surface area (Å²) in [6.45, 7) is 1.86. The molecule has 3 rings (SSSR count). The summed E-state index contributed by atoms with van der Waals surface area (Å²) in [6, 6.07) is 15.3. The van der Waals surface area contributed by atoms with E-state index in [0.717, 1.165) is 11.1 Å². The smallest absolute Gasteiger partial charge is 0.168 e. The Kier molecular flexibility index (Phi) is 5.37. The highest BCUT2D eigenvalue weighted by Gasteiger charge is 2.24. The van der Waals surface area contributed by atoms with E-state index in [0.29, 0.717) is 34.1 Å². The molecule has 3 aromatic rings. The predicted octanol–water partition coefficient (Wildman–Crippen LogP) is 4.20. The lowest BCUT2D eigenvalue weighted by molar-refractivity contribution is 0.356. The van der Waals surface area contributed by atoms with Gasteiger partial charge in [-0.1, -0.05) is 30.3 Å². The minimum absolute atomic E-state index is 0.165. The van der Waals surface area contributed by atoms with Crippen LogP contribution < -0.4 is 19.9 Å². The topological polar surface area (TPSA) is 90.4 Å². The summed E-state index contributed by atoms with van der Waals surface area (Å²) in [5.74, 6) is 1.91. The first-order valence-corrected chi connectivity index (χ1v) is 8.62. The van der Waals surface area contributed by atoms with Gasteiger partial charge in [0.05, 0.1) is 21.3 Å². The molecule has 2 aromatic carbocycles. The molecule has 0 spiro atoms. The van der Waals surface area contributed by atoms with Gasteiger partial charge in [0, 0.05) is 27.9 Å². The number of para-hydroxylation sites is 2. The zero-order valence-electron chi connectivity index (χ0n) is 16.2. The van der Waals surface area contributed by atoms with Crippen molar-refractivity contribution in [3.8, 4) is 45.6 Å². The Balaban J connectivity index is 2.50. The van der Waals surface area contributed by atoms with Crippen LogP contribution in [0.4, 0.5) is 5.82 Å². The average molecular weight is 375 g/mol. The number of nitrogen functional groups attached to an aromatic ring is 1. The van der Waals surface area contributed by atoms with Gasteiger partial charge in [0.25, 0.3) is 0 Å². The quantitative estimate of drug-likeness (QED) is 0.719. The van der Waals surface area contributed by atoms with Crippen LogP contribution in [0, 0.1) is 18.3 Å². The van der Waals surface area contributed by atoms with Crippen LogP contribution in [0.15, 0.2) is 42.5 Å². The van der Waals surface area contributed by atoms with Gasteiger partial charge in [-0.05, 0) is 19.1 Å². The molecule has 0 aliphatic carbocycles. The van der Waals surface area contributed by atoms with Gasteiger partial charge in [0.2, 0.25) is 0 Å². The SMILES string of the molecule is COc1ccccc1-c1c(C)nc(N)c(C#N)c1-c1cccc(OC)c1OC. The molecule has 0 amide bonds. The van der Waals surface area contributed by atoms with Gasteiger partial charge in [0.1, 0.15) is 23.2 Å². The monoisotopic (exact) mass is 375 g/mol. The van der Waals surface area contributed by atoms with Crippen LogP contribution in [-0.4, -0.2) is 26.3 Å². The van der Waals surface area contributed by atoms with E-state index in [1.807, 2.05) is 43.3 Å². The van der Waals surface area contributed by atoms with Crippen LogP contribution in [0.25, 0.3) is 22.3 Å². The van der Waals surface area contributed by atoms with Crippen LogP contribution in [-0.2, 0) is 0 Å². The third kappa shape index (κ3) is 3.08. The number of rotatable bonds is 5. The lowest BCUT2D eigenvalue weighted by atomic mass is 9.89. The summed E-state index contributed by atoms with van der Waals surface area (Å²) in [4.78, 5) is 4.41. The van der Waals surface area contributed by atoms with E-state index in [1.165, 1.54) is 0 Å². The zero-order valence-corrected chi connectivity index (χ0v) is 16.2. The Morgan fingerprint density at radius 2 is 1.50 bits per heavy atom. The molecule has 6 heteroatoms. The number of pyridine rings is 1. The minimum Gasteiger partial charge on any atom is -0.496 e. The standard InChI is InChI=1S/C22H21N3O3/c1-13-19(14-8-5-6-10-17(14)26-2)20(16(12-23)22(24)25-13)15-9-7-11-18(27-3)21(15)28-4/h5-11H,1-4H3,(H2,24,25). The van der Waals surface area contributed by atoms with Crippen molar-refractivity contribution in [3.63, 3.8) is 0 Å². The molecule has 0 aliphatic rings. The molecule has 142 valence electrons. The van der Waals surface area contributed by atoms with Crippen molar-refractivity contribution in [2.45, 2.75) is 6.92 Å². The van der Waals surface area contributed by atoms with E-state index in [-0.39, 0.29) is 11.4 Å². The van der Waals surface area contributed by atoms with E-state index in [9.17, 15) is 5.26 Å². The van der Waals surface area contributed by atoms with E-state index in [1.54, 1.807) is 27.4 Å². The summed E-state index contributed by atoms with van der Waals surface area (Å²) in [5.41, 5.74) is 9.96. The van der Waals surface area contributed by atoms with Gasteiger partial charge in [-0.25, -0.2) is 4.98 Å². The van der Waals surface area contributed by atoms with Crippen LogP contribution in [0.5, 0.6) is 17.2 Å². The van der Waals surface area contributed by atoms with Gasteiger partial charge in [-0.3, -0.25) is 0 Å². The number of hydrogen-bond donors (Lipinski definition) is 1. The molecule has 0 unspecified atom stereocenters. The largest absolute Gasteiger partial charge is 0.496 e. The summed E-state index contributed by atoms with van der Waals surface area (Å²) in [5, 5.41) is 9.87.